The number of anilines is 1. The number of rotatable bonds is 4. The Balaban J connectivity index is 1.52. The van der Waals surface area contributed by atoms with Gasteiger partial charge in [0.1, 0.15) is 0 Å². The van der Waals surface area contributed by atoms with E-state index in [9.17, 15) is 9.59 Å². The summed E-state index contributed by atoms with van der Waals surface area (Å²) >= 11 is 6.02. The quantitative estimate of drug-likeness (QED) is 0.823. The molecule has 0 aliphatic carbocycles. The SMILES string of the molecule is CC1=C(C)N2C(=NC3C2C(=O)NC(=O)N3C)N1CCNc1cccc(Cl)c1. The lowest BCUT2D eigenvalue weighted by molar-refractivity contribution is -0.126. The van der Waals surface area contributed by atoms with Crippen molar-refractivity contribution in [3.05, 3.63) is 40.7 Å². The van der Waals surface area contributed by atoms with Crippen LogP contribution in [0.5, 0.6) is 0 Å². The van der Waals surface area contributed by atoms with Gasteiger partial charge in [-0.3, -0.25) is 15.0 Å². The first-order valence-corrected chi connectivity index (χ1v) is 9.15. The van der Waals surface area contributed by atoms with E-state index in [1.807, 2.05) is 43.0 Å². The molecule has 1 aromatic rings. The predicted molar refractivity (Wildman–Crippen MR) is 103 cm³/mol. The van der Waals surface area contributed by atoms with Crippen LogP contribution in [0.15, 0.2) is 40.7 Å². The van der Waals surface area contributed by atoms with Crippen LogP contribution in [0.2, 0.25) is 5.02 Å². The van der Waals surface area contributed by atoms with Gasteiger partial charge >= 0.3 is 6.03 Å². The average Bonchev–Trinajstić information content (AvgIpc) is 3.12. The monoisotopic (exact) mass is 388 g/mol. The van der Waals surface area contributed by atoms with Crippen LogP contribution < -0.4 is 10.6 Å². The van der Waals surface area contributed by atoms with Crippen LogP contribution in [-0.2, 0) is 4.79 Å². The second-order valence-electron chi connectivity index (χ2n) is 6.82. The van der Waals surface area contributed by atoms with E-state index < -0.39 is 18.2 Å². The lowest BCUT2D eigenvalue weighted by atomic mass is 10.1. The highest BCUT2D eigenvalue weighted by atomic mass is 35.5. The lowest BCUT2D eigenvalue weighted by Crippen LogP contribution is -2.63. The molecule has 8 nitrogen and oxygen atoms in total. The highest BCUT2D eigenvalue weighted by Crippen LogP contribution is 2.35. The number of amides is 3. The fourth-order valence-corrected chi connectivity index (χ4v) is 3.89. The molecule has 1 saturated heterocycles. The molecular formula is C18H21ClN6O2. The van der Waals surface area contributed by atoms with Gasteiger partial charge in [0.25, 0.3) is 5.91 Å². The molecule has 2 atom stereocenters. The van der Waals surface area contributed by atoms with Crippen molar-refractivity contribution < 1.29 is 9.59 Å². The molecule has 1 aromatic carbocycles. The normalized spacial score (nSPS) is 24.1. The molecule has 9 heteroatoms. The molecule has 0 bridgehead atoms. The first-order valence-electron chi connectivity index (χ1n) is 8.77. The zero-order valence-corrected chi connectivity index (χ0v) is 16.1. The van der Waals surface area contributed by atoms with Gasteiger partial charge < -0.3 is 15.1 Å². The molecule has 4 rings (SSSR count). The van der Waals surface area contributed by atoms with Gasteiger partial charge in [0.2, 0.25) is 5.96 Å². The minimum Gasteiger partial charge on any atom is -0.383 e. The van der Waals surface area contributed by atoms with E-state index in [2.05, 4.69) is 15.5 Å². The maximum absolute atomic E-state index is 12.4. The van der Waals surface area contributed by atoms with E-state index in [0.29, 0.717) is 24.1 Å². The van der Waals surface area contributed by atoms with Crippen molar-refractivity contribution in [2.75, 3.05) is 25.5 Å². The second-order valence-corrected chi connectivity index (χ2v) is 7.26. The summed E-state index contributed by atoms with van der Waals surface area (Å²) in [6.45, 7) is 5.33. The van der Waals surface area contributed by atoms with E-state index in [1.165, 1.54) is 4.90 Å². The first-order chi connectivity index (χ1) is 12.9. The number of likely N-dealkylation sites (N-methyl/N-ethyl adjacent to an activating group) is 1. The van der Waals surface area contributed by atoms with Gasteiger partial charge in [0.05, 0.1) is 0 Å². The molecule has 1 fully saturated rings. The largest absolute Gasteiger partial charge is 0.383 e. The third-order valence-electron chi connectivity index (χ3n) is 5.26. The number of allylic oxidation sites excluding steroid dienone is 2. The summed E-state index contributed by atoms with van der Waals surface area (Å²) in [6.07, 6.45) is -0.507. The Bertz CT molecular complexity index is 882. The molecule has 3 amide bonds. The number of fused-ring (bicyclic) bond motifs is 3. The molecule has 3 aliphatic rings. The Labute approximate surface area is 162 Å². The van der Waals surface area contributed by atoms with Crippen molar-refractivity contribution in [3.63, 3.8) is 0 Å². The third-order valence-corrected chi connectivity index (χ3v) is 5.50. The number of nitrogens with zero attached hydrogens (tertiary/aromatic N) is 4. The summed E-state index contributed by atoms with van der Waals surface area (Å²) in [5.74, 6) is 0.400. The highest BCUT2D eigenvalue weighted by Gasteiger charge is 2.52. The molecule has 3 heterocycles. The number of nitrogens with one attached hydrogen (secondary N) is 2. The number of carbonyl (C=O) groups is 2. The summed E-state index contributed by atoms with van der Waals surface area (Å²) in [5.41, 5.74) is 2.97. The molecule has 0 spiro atoms. The number of benzene rings is 1. The molecule has 0 radical (unpaired) electrons. The van der Waals surface area contributed by atoms with Crippen molar-refractivity contribution in [1.29, 1.82) is 0 Å². The van der Waals surface area contributed by atoms with E-state index >= 15 is 0 Å². The van der Waals surface area contributed by atoms with E-state index in [-0.39, 0.29) is 5.91 Å². The smallest absolute Gasteiger partial charge is 0.325 e. The third kappa shape index (κ3) is 2.80. The number of hydrogen-bond acceptors (Lipinski definition) is 6. The fraction of sp³-hybridized carbons (Fsp3) is 0.389. The molecule has 0 aromatic heterocycles. The van der Waals surface area contributed by atoms with E-state index in [0.717, 1.165) is 17.1 Å². The van der Waals surface area contributed by atoms with Gasteiger partial charge in [-0.25, -0.2) is 9.79 Å². The Hall–Kier alpha value is -2.74. The number of imide groups is 1. The number of aliphatic imine (C=N–C) groups is 1. The summed E-state index contributed by atoms with van der Waals surface area (Å²) in [4.78, 5) is 34.5. The molecule has 27 heavy (non-hydrogen) atoms. The lowest BCUT2D eigenvalue weighted by Gasteiger charge is -2.35. The number of halogens is 1. The van der Waals surface area contributed by atoms with E-state index in [4.69, 9.17) is 16.6 Å². The number of hydrogen-bond donors (Lipinski definition) is 2. The van der Waals surface area contributed by atoms with Crippen LogP contribution >= 0.6 is 11.6 Å². The van der Waals surface area contributed by atoms with Gasteiger partial charge in [-0.15, -0.1) is 0 Å². The van der Waals surface area contributed by atoms with Crippen molar-refractivity contribution in [3.8, 4) is 0 Å². The van der Waals surface area contributed by atoms with Crippen LogP contribution in [0.3, 0.4) is 0 Å². The molecule has 142 valence electrons. The van der Waals surface area contributed by atoms with Crippen LogP contribution in [0, 0.1) is 0 Å². The minimum absolute atomic E-state index is 0.312. The molecule has 0 saturated carbocycles. The minimum atomic E-state index is -0.525. The summed E-state index contributed by atoms with van der Waals surface area (Å²) in [6, 6.07) is 6.62. The Morgan fingerprint density at radius 2 is 2.04 bits per heavy atom. The van der Waals surface area contributed by atoms with Crippen LogP contribution in [0.1, 0.15) is 13.8 Å². The van der Waals surface area contributed by atoms with E-state index in [1.54, 1.807) is 7.05 Å². The second kappa shape index (κ2) is 6.45. The molecule has 2 N–H and O–H groups in total. The van der Waals surface area contributed by atoms with Crippen molar-refractivity contribution in [2.24, 2.45) is 4.99 Å². The highest BCUT2D eigenvalue weighted by molar-refractivity contribution is 6.30. The Kier molecular flexibility index (Phi) is 4.22. The molecule has 2 unspecified atom stereocenters. The molecular weight excluding hydrogens is 368 g/mol. The topological polar surface area (TPSA) is 80.3 Å². The van der Waals surface area contributed by atoms with Gasteiger partial charge in [-0.05, 0) is 32.0 Å². The average molecular weight is 389 g/mol. The van der Waals surface area contributed by atoms with Crippen LogP contribution in [0.25, 0.3) is 0 Å². The number of urea groups is 1. The first kappa shape index (κ1) is 17.7. The summed E-state index contributed by atoms with van der Waals surface area (Å²) in [5, 5.41) is 6.43. The van der Waals surface area contributed by atoms with Crippen LogP contribution in [-0.4, -0.2) is 64.9 Å². The van der Waals surface area contributed by atoms with Gasteiger partial charge in [0.15, 0.2) is 12.2 Å². The van der Waals surface area contributed by atoms with Crippen molar-refractivity contribution >= 4 is 35.2 Å². The Morgan fingerprint density at radius 1 is 1.26 bits per heavy atom. The zero-order valence-electron chi connectivity index (χ0n) is 15.4. The maximum Gasteiger partial charge on any atom is 0.325 e. The molecule has 3 aliphatic heterocycles. The summed E-state index contributed by atoms with van der Waals surface area (Å²) in [7, 11) is 1.66. The van der Waals surface area contributed by atoms with Crippen LogP contribution in [0.4, 0.5) is 10.5 Å². The Morgan fingerprint density at radius 3 is 2.78 bits per heavy atom. The number of carbonyl (C=O) groups excluding carboxylic acids is 2. The predicted octanol–water partition coefficient (Wildman–Crippen LogP) is 1.87. The van der Waals surface area contributed by atoms with Gasteiger partial charge in [-0.2, -0.15) is 0 Å². The van der Waals surface area contributed by atoms with Gasteiger partial charge in [0, 0.05) is 42.2 Å². The summed E-state index contributed by atoms with van der Waals surface area (Å²) < 4.78 is 0. The number of guanidine groups is 1. The zero-order chi connectivity index (χ0) is 19.3. The standard InChI is InChI=1S/C18H21ClN6O2/c1-10-11(2)25-14-15(23(3)18(27)22-16(14)26)21-17(25)24(10)8-7-20-13-6-4-5-12(19)9-13/h4-6,9,14-15,20H,7-8H2,1-3H3,(H,22,26,27). The van der Waals surface area contributed by atoms with Crippen molar-refractivity contribution in [2.45, 2.75) is 26.1 Å². The van der Waals surface area contributed by atoms with Crippen molar-refractivity contribution in [1.82, 2.24) is 20.0 Å². The maximum atomic E-state index is 12.4. The van der Waals surface area contributed by atoms with Gasteiger partial charge in [-0.1, -0.05) is 17.7 Å². The fourth-order valence-electron chi connectivity index (χ4n) is 3.70.